The maximum Gasteiger partial charge on any atom is 0.161 e. The Bertz CT molecular complexity index is 2210. The molecule has 0 bridgehead atoms. The van der Waals surface area contributed by atoms with E-state index in [2.05, 4.69) is 135 Å². The van der Waals surface area contributed by atoms with Crippen LogP contribution in [0.1, 0.15) is 83.5 Å². The zero-order valence-corrected chi connectivity index (χ0v) is 30.1. The Morgan fingerprint density at radius 3 is 1.90 bits per heavy atom. The molecule has 0 saturated carbocycles. The van der Waals surface area contributed by atoms with Crippen molar-refractivity contribution in [3.05, 3.63) is 208 Å². The number of hydrogen-bond donors (Lipinski definition) is 0. The molecule has 0 fully saturated rings. The molecule has 7 rings (SSSR count). The highest BCUT2D eigenvalue weighted by Crippen LogP contribution is 2.41. The number of allylic oxidation sites excluding steroid dienone is 1. The Morgan fingerprint density at radius 2 is 1.25 bits per heavy atom. The van der Waals surface area contributed by atoms with Crippen molar-refractivity contribution in [2.24, 2.45) is 15.0 Å². The van der Waals surface area contributed by atoms with E-state index >= 15 is 0 Å². The number of nitrogens with zero attached hydrogens (tertiary/aromatic N) is 3. The third kappa shape index (κ3) is 7.27. The molecule has 3 heteroatoms. The second-order valence-corrected chi connectivity index (χ2v) is 13.5. The molecule has 1 aliphatic carbocycles. The molecule has 52 heavy (non-hydrogen) atoms. The van der Waals surface area contributed by atoms with Gasteiger partial charge in [-0.3, -0.25) is 4.99 Å². The van der Waals surface area contributed by atoms with Crippen LogP contribution in [0.15, 0.2) is 179 Å². The van der Waals surface area contributed by atoms with Crippen molar-refractivity contribution in [3.8, 4) is 11.1 Å². The van der Waals surface area contributed by atoms with Gasteiger partial charge in [0.2, 0.25) is 0 Å². The van der Waals surface area contributed by atoms with Crippen molar-refractivity contribution < 1.29 is 0 Å². The molecule has 0 N–H and O–H groups in total. The van der Waals surface area contributed by atoms with Crippen molar-refractivity contribution >= 4 is 24.5 Å². The van der Waals surface area contributed by atoms with Crippen molar-refractivity contribution in [3.63, 3.8) is 0 Å². The fourth-order valence-electron chi connectivity index (χ4n) is 7.66. The molecule has 0 radical (unpaired) electrons. The number of benzene rings is 6. The van der Waals surface area contributed by atoms with Gasteiger partial charge in [-0.15, -0.1) is 0 Å². The first-order chi connectivity index (χ1) is 25.6. The SMILES string of the molecule is C=NC(=NC(=NCc1ccc(C(CC)(CC)c2ccc(-c3cccc(C4CC=Cc5ccccc54)c3)cc2)cc1)c1ccccc1)c1ccccc1. The van der Waals surface area contributed by atoms with Crippen LogP contribution in [-0.4, -0.2) is 18.4 Å². The lowest BCUT2D eigenvalue weighted by molar-refractivity contribution is 0.478. The Kier molecular flexibility index (Phi) is 10.6. The molecule has 6 aromatic carbocycles. The molecule has 1 atom stereocenters. The third-order valence-corrected chi connectivity index (χ3v) is 10.7. The van der Waals surface area contributed by atoms with E-state index in [9.17, 15) is 0 Å². The first-order valence-electron chi connectivity index (χ1n) is 18.4. The first kappa shape index (κ1) is 34.5. The molecule has 0 aromatic heterocycles. The summed E-state index contributed by atoms with van der Waals surface area (Å²) in [5.41, 5.74) is 12.2. The fraction of sp³-hybridized carbons (Fsp3) is 0.163. The minimum Gasteiger partial charge on any atom is -0.261 e. The second kappa shape index (κ2) is 16.0. The van der Waals surface area contributed by atoms with E-state index in [1.165, 1.54) is 38.9 Å². The lowest BCUT2D eigenvalue weighted by atomic mass is 9.70. The summed E-state index contributed by atoms with van der Waals surface area (Å²) in [6.45, 7) is 8.90. The molecule has 3 nitrogen and oxygen atoms in total. The average molecular weight is 676 g/mol. The summed E-state index contributed by atoms with van der Waals surface area (Å²) < 4.78 is 0. The molecule has 0 aliphatic heterocycles. The van der Waals surface area contributed by atoms with Crippen LogP contribution in [0.4, 0.5) is 0 Å². The molecule has 1 unspecified atom stereocenters. The highest BCUT2D eigenvalue weighted by Gasteiger charge is 2.30. The van der Waals surface area contributed by atoms with Gasteiger partial charge in [-0.05, 0) is 70.5 Å². The Balaban J connectivity index is 1.13. The van der Waals surface area contributed by atoms with Gasteiger partial charge >= 0.3 is 0 Å². The van der Waals surface area contributed by atoms with Gasteiger partial charge in [-0.1, -0.05) is 184 Å². The predicted molar refractivity (Wildman–Crippen MR) is 221 cm³/mol. The van der Waals surface area contributed by atoms with Crippen LogP contribution < -0.4 is 0 Å². The van der Waals surface area contributed by atoms with Gasteiger partial charge in [0, 0.05) is 22.5 Å². The lowest BCUT2D eigenvalue weighted by Gasteiger charge is -2.33. The van der Waals surface area contributed by atoms with Gasteiger partial charge in [0.15, 0.2) is 11.7 Å². The number of aliphatic imine (C=N–C) groups is 3. The maximum atomic E-state index is 4.99. The van der Waals surface area contributed by atoms with E-state index in [-0.39, 0.29) is 5.41 Å². The molecule has 0 saturated heterocycles. The summed E-state index contributed by atoms with van der Waals surface area (Å²) in [5, 5.41) is 0. The average Bonchev–Trinajstić information content (AvgIpc) is 3.23. The normalized spacial score (nSPS) is 14.5. The predicted octanol–water partition coefficient (Wildman–Crippen LogP) is 12.1. The molecule has 1 aliphatic rings. The van der Waals surface area contributed by atoms with Crippen molar-refractivity contribution in [2.45, 2.75) is 51.0 Å². The number of hydrogen-bond acceptors (Lipinski definition) is 1. The Hall–Kier alpha value is -5.93. The number of fused-ring (bicyclic) bond motifs is 1. The molecular weight excluding hydrogens is 631 g/mol. The lowest BCUT2D eigenvalue weighted by Crippen LogP contribution is -2.26. The molecule has 256 valence electrons. The third-order valence-electron chi connectivity index (χ3n) is 10.7. The van der Waals surface area contributed by atoms with Crippen LogP contribution in [0.5, 0.6) is 0 Å². The van der Waals surface area contributed by atoms with E-state index in [1.54, 1.807) is 0 Å². The zero-order chi connectivity index (χ0) is 35.8. The van der Waals surface area contributed by atoms with E-state index < -0.39 is 0 Å². The smallest absolute Gasteiger partial charge is 0.161 e. The molecule has 0 spiro atoms. The summed E-state index contributed by atoms with van der Waals surface area (Å²) in [6, 6.07) is 56.2. The van der Waals surface area contributed by atoms with Crippen LogP contribution in [0.25, 0.3) is 17.2 Å². The van der Waals surface area contributed by atoms with E-state index in [0.717, 1.165) is 36.0 Å². The molecular formula is C49H45N3. The molecule has 6 aromatic rings. The van der Waals surface area contributed by atoms with Crippen LogP contribution in [-0.2, 0) is 12.0 Å². The monoisotopic (exact) mass is 675 g/mol. The van der Waals surface area contributed by atoms with Crippen LogP contribution in [0, 0.1) is 0 Å². The summed E-state index contributed by atoms with van der Waals surface area (Å²) >= 11 is 0. The second-order valence-electron chi connectivity index (χ2n) is 13.5. The van der Waals surface area contributed by atoms with Gasteiger partial charge in [-0.25, -0.2) is 9.98 Å². The van der Waals surface area contributed by atoms with Gasteiger partial charge in [0.1, 0.15) is 0 Å². The number of amidine groups is 2. The van der Waals surface area contributed by atoms with E-state index in [0.29, 0.717) is 24.1 Å². The minimum atomic E-state index is -0.0833. The highest BCUT2D eigenvalue weighted by molar-refractivity contribution is 6.12. The van der Waals surface area contributed by atoms with Gasteiger partial charge < -0.3 is 0 Å². The van der Waals surface area contributed by atoms with Crippen LogP contribution in [0.3, 0.4) is 0 Å². The van der Waals surface area contributed by atoms with Gasteiger partial charge in [0.05, 0.1) is 6.54 Å². The van der Waals surface area contributed by atoms with Gasteiger partial charge in [-0.2, -0.15) is 0 Å². The summed E-state index contributed by atoms with van der Waals surface area (Å²) in [4.78, 5) is 14.1. The van der Waals surface area contributed by atoms with Crippen LogP contribution >= 0.6 is 0 Å². The first-order valence-corrected chi connectivity index (χ1v) is 18.4. The largest absolute Gasteiger partial charge is 0.261 e. The highest BCUT2D eigenvalue weighted by atomic mass is 15.0. The topological polar surface area (TPSA) is 37.1 Å². The summed E-state index contributed by atoms with van der Waals surface area (Å²) in [7, 11) is 0. The van der Waals surface area contributed by atoms with E-state index in [4.69, 9.17) is 9.98 Å². The molecule has 0 amide bonds. The van der Waals surface area contributed by atoms with Crippen molar-refractivity contribution in [1.29, 1.82) is 0 Å². The van der Waals surface area contributed by atoms with E-state index in [1.807, 2.05) is 60.7 Å². The summed E-state index contributed by atoms with van der Waals surface area (Å²) in [5.74, 6) is 1.58. The zero-order valence-electron chi connectivity index (χ0n) is 30.1. The van der Waals surface area contributed by atoms with Crippen molar-refractivity contribution in [2.75, 3.05) is 0 Å². The Labute approximate surface area is 308 Å². The quantitative estimate of drug-likeness (QED) is 0.102. The maximum absolute atomic E-state index is 4.99. The Morgan fingerprint density at radius 1 is 0.635 bits per heavy atom. The fourth-order valence-corrected chi connectivity index (χ4v) is 7.66. The standard InChI is InChI=1S/C49H45N3/c1-4-49(5-2,44-32-28-37(29-33-44)41-22-14-23-42(34-41)46-25-15-21-38-16-12-13-24-45(38)46)43-30-26-36(27-31-43)35-51-48(40-19-10-7-11-20-40)52-47(50-3)39-17-8-6-9-18-39/h6-24,26-34,46H,3-5,25,35H2,1-2H3. The number of rotatable bonds is 10. The minimum absolute atomic E-state index is 0.0833. The molecule has 0 heterocycles. The van der Waals surface area contributed by atoms with Crippen molar-refractivity contribution in [1.82, 2.24) is 0 Å². The van der Waals surface area contributed by atoms with Crippen LogP contribution in [0.2, 0.25) is 0 Å². The van der Waals surface area contributed by atoms with Gasteiger partial charge in [0.25, 0.3) is 0 Å². The summed E-state index contributed by atoms with van der Waals surface area (Å²) in [6.07, 6.45) is 7.61.